The lowest BCUT2D eigenvalue weighted by Gasteiger charge is -2.57. The van der Waals surface area contributed by atoms with Gasteiger partial charge in [0.25, 0.3) is 0 Å². The second kappa shape index (κ2) is 8.17. The topological polar surface area (TPSA) is 48.4 Å². The van der Waals surface area contributed by atoms with Gasteiger partial charge in [-0.3, -0.25) is 9.78 Å². The number of allylic oxidation sites excluding steroid dienone is 1. The van der Waals surface area contributed by atoms with Gasteiger partial charge in [0.05, 0.1) is 12.7 Å². The largest absolute Gasteiger partial charge is 0.391 e. The summed E-state index contributed by atoms with van der Waals surface area (Å²) in [7, 11) is -2.22. The number of aromatic nitrogens is 1. The molecule has 32 heavy (non-hydrogen) atoms. The highest BCUT2D eigenvalue weighted by Gasteiger charge is 2.58. The molecule has 0 saturated heterocycles. The highest BCUT2D eigenvalue weighted by atomic mass is 28.4. The second-order valence-corrected chi connectivity index (χ2v) is 15.0. The molecule has 5 heteroatoms. The summed E-state index contributed by atoms with van der Waals surface area (Å²) in [6.07, 6.45) is 15.3. The number of hydrogen-bond acceptors (Lipinski definition) is 4. The Kier molecular flexibility index (Phi) is 5.74. The van der Waals surface area contributed by atoms with Crippen LogP contribution in [-0.2, 0) is 20.3 Å². The summed E-state index contributed by atoms with van der Waals surface area (Å²) in [6.45, 7) is 9.70. The number of carbonyl (C=O) groups is 1. The van der Waals surface area contributed by atoms with Crippen LogP contribution >= 0.6 is 0 Å². The van der Waals surface area contributed by atoms with Gasteiger partial charge in [-0.1, -0.05) is 31.6 Å². The van der Waals surface area contributed by atoms with Gasteiger partial charge in [-0.05, 0) is 92.8 Å². The molecule has 1 heterocycles. The Morgan fingerprint density at radius 2 is 1.91 bits per heavy atom. The van der Waals surface area contributed by atoms with Crippen molar-refractivity contribution in [2.24, 2.45) is 28.6 Å². The fraction of sp³-hybridized carbons (Fsp3) is 0.704. The van der Waals surface area contributed by atoms with Crippen LogP contribution in [0, 0.1) is 28.6 Å². The first-order chi connectivity index (χ1) is 15.2. The number of fused-ring (bicyclic) bond motifs is 5. The second-order valence-electron chi connectivity index (χ2n) is 11.7. The van der Waals surface area contributed by atoms with Crippen molar-refractivity contribution >= 4 is 14.3 Å². The quantitative estimate of drug-likeness (QED) is 0.392. The van der Waals surface area contributed by atoms with Crippen LogP contribution in [-0.4, -0.2) is 25.4 Å². The van der Waals surface area contributed by atoms with Crippen LogP contribution in [0.3, 0.4) is 0 Å². The summed E-state index contributed by atoms with van der Waals surface area (Å²) in [5.41, 5.74) is 2.98. The monoisotopic (exact) mass is 453 g/mol. The van der Waals surface area contributed by atoms with E-state index < -0.39 is 8.56 Å². The first kappa shape index (κ1) is 22.5. The van der Waals surface area contributed by atoms with Gasteiger partial charge in [-0.15, -0.1) is 0 Å². The van der Waals surface area contributed by atoms with Gasteiger partial charge in [-0.25, -0.2) is 0 Å². The zero-order valence-electron chi connectivity index (χ0n) is 20.2. The SMILES string of the molecule is CC12CCC3C(CC=C4CC(O[Si](C)(C)OCc5cccnc5)CCC43C)C1CCC2=O. The van der Waals surface area contributed by atoms with E-state index in [1.807, 2.05) is 12.3 Å². The van der Waals surface area contributed by atoms with Crippen molar-refractivity contribution in [1.82, 2.24) is 4.98 Å². The Morgan fingerprint density at radius 3 is 2.69 bits per heavy atom. The first-order valence-electron chi connectivity index (χ1n) is 12.6. The molecular formula is C27H39NO3Si. The van der Waals surface area contributed by atoms with Crippen LogP contribution in [0.5, 0.6) is 0 Å². The summed E-state index contributed by atoms with van der Waals surface area (Å²) in [4.78, 5) is 16.8. The Labute approximate surface area is 194 Å². The normalized spacial score (nSPS) is 39.1. The van der Waals surface area contributed by atoms with Gasteiger partial charge < -0.3 is 8.85 Å². The summed E-state index contributed by atoms with van der Waals surface area (Å²) < 4.78 is 12.9. The van der Waals surface area contributed by atoms with Crippen molar-refractivity contribution < 1.29 is 13.6 Å². The minimum absolute atomic E-state index is 0.0373. The van der Waals surface area contributed by atoms with E-state index in [9.17, 15) is 4.79 Å². The molecule has 4 aliphatic rings. The highest BCUT2D eigenvalue weighted by molar-refractivity contribution is 6.64. The zero-order chi connectivity index (χ0) is 22.6. The molecule has 0 aromatic carbocycles. The van der Waals surface area contributed by atoms with Crippen molar-refractivity contribution in [2.75, 3.05) is 0 Å². The lowest BCUT2D eigenvalue weighted by molar-refractivity contribution is -0.132. The maximum absolute atomic E-state index is 12.6. The van der Waals surface area contributed by atoms with Gasteiger partial charge in [0, 0.05) is 24.2 Å². The third kappa shape index (κ3) is 3.84. The van der Waals surface area contributed by atoms with Crippen LogP contribution < -0.4 is 0 Å². The van der Waals surface area contributed by atoms with E-state index in [2.05, 4.69) is 44.1 Å². The Morgan fingerprint density at radius 1 is 1.12 bits per heavy atom. The molecule has 3 saturated carbocycles. The molecule has 1 aromatic rings. The van der Waals surface area contributed by atoms with Crippen LogP contribution in [0.25, 0.3) is 0 Å². The fourth-order valence-corrected chi connectivity index (χ4v) is 9.26. The number of hydrogen-bond donors (Lipinski definition) is 0. The average molecular weight is 454 g/mol. The summed E-state index contributed by atoms with van der Waals surface area (Å²) >= 11 is 0. The number of rotatable bonds is 5. The Balaban J connectivity index is 1.25. The fourth-order valence-electron chi connectivity index (χ4n) is 7.68. The standard InChI is InChI=1S/C27H39NO3Si/c1-26-13-11-21(31-32(3,4)30-18-19-6-5-15-28-17-19)16-20(26)7-8-22-23-9-10-25(29)27(23,2)14-12-24(22)26/h5-7,15,17,21-24H,8-14,16,18H2,1-4H3. The average Bonchev–Trinajstić information content (AvgIpc) is 3.08. The molecule has 3 fully saturated rings. The minimum Gasteiger partial charge on any atom is -0.391 e. The number of Topliss-reactive ketones (excluding diaryl/α,β-unsaturated/α-hetero) is 1. The number of ketones is 1. The predicted molar refractivity (Wildman–Crippen MR) is 128 cm³/mol. The molecule has 4 nitrogen and oxygen atoms in total. The number of nitrogens with zero attached hydrogens (tertiary/aromatic N) is 1. The van der Waals surface area contributed by atoms with E-state index in [0.717, 1.165) is 50.0 Å². The highest BCUT2D eigenvalue weighted by Crippen LogP contribution is 2.64. The summed E-state index contributed by atoms with van der Waals surface area (Å²) in [5, 5.41) is 0. The van der Waals surface area contributed by atoms with Gasteiger partial charge >= 0.3 is 8.56 Å². The third-order valence-electron chi connectivity index (χ3n) is 9.53. The van der Waals surface area contributed by atoms with E-state index in [-0.39, 0.29) is 16.9 Å². The number of carbonyl (C=O) groups excluding carboxylic acids is 1. The van der Waals surface area contributed by atoms with Crippen LogP contribution in [0.4, 0.5) is 0 Å². The molecule has 5 rings (SSSR count). The number of pyridine rings is 1. The van der Waals surface area contributed by atoms with E-state index in [4.69, 9.17) is 8.85 Å². The maximum Gasteiger partial charge on any atom is 0.332 e. The van der Waals surface area contributed by atoms with Crippen molar-refractivity contribution in [3.05, 3.63) is 41.7 Å². The van der Waals surface area contributed by atoms with E-state index in [1.54, 1.807) is 11.8 Å². The molecule has 6 unspecified atom stereocenters. The van der Waals surface area contributed by atoms with E-state index in [1.165, 1.54) is 12.8 Å². The van der Waals surface area contributed by atoms with Gasteiger partial charge in [0.15, 0.2) is 0 Å². The van der Waals surface area contributed by atoms with Gasteiger partial charge in [0.1, 0.15) is 5.78 Å². The molecule has 0 bridgehead atoms. The van der Waals surface area contributed by atoms with Gasteiger partial charge in [0.2, 0.25) is 0 Å². The molecule has 6 atom stereocenters. The Bertz CT molecular complexity index is 899. The van der Waals surface area contributed by atoms with Gasteiger partial charge in [-0.2, -0.15) is 0 Å². The van der Waals surface area contributed by atoms with Crippen LogP contribution in [0.15, 0.2) is 36.2 Å². The predicted octanol–water partition coefficient (Wildman–Crippen LogP) is 6.22. The molecule has 1 aromatic heterocycles. The molecule has 0 N–H and O–H groups in total. The van der Waals surface area contributed by atoms with Crippen molar-refractivity contribution in [2.45, 2.75) is 91.0 Å². The molecule has 0 aliphatic heterocycles. The summed E-state index contributed by atoms with van der Waals surface area (Å²) in [6, 6.07) is 4.01. The molecule has 0 amide bonds. The van der Waals surface area contributed by atoms with Crippen LogP contribution in [0.1, 0.15) is 70.8 Å². The molecule has 4 aliphatic carbocycles. The Hall–Kier alpha value is -1.30. The molecule has 0 radical (unpaired) electrons. The van der Waals surface area contributed by atoms with Crippen LogP contribution in [0.2, 0.25) is 13.1 Å². The maximum atomic E-state index is 12.6. The lowest BCUT2D eigenvalue weighted by atomic mass is 9.48. The molecule has 0 spiro atoms. The smallest absolute Gasteiger partial charge is 0.332 e. The first-order valence-corrected chi connectivity index (χ1v) is 15.5. The zero-order valence-corrected chi connectivity index (χ0v) is 21.2. The van der Waals surface area contributed by atoms with Crippen molar-refractivity contribution in [3.63, 3.8) is 0 Å². The van der Waals surface area contributed by atoms with Crippen molar-refractivity contribution in [1.29, 1.82) is 0 Å². The molecular weight excluding hydrogens is 414 g/mol. The lowest BCUT2D eigenvalue weighted by Crippen LogP contribution is -2.51. The minimum atomic E-state index is -2.22. The summed E-state index contributed by atoms with van der Waals surface area (Å²) in [5.74, 6) is 2.57. The van der Waals surface area contributed by atoms with E-state index in [0.29, 0.717) is 24.2 Å². The van der Waals surface area contributed by atoms with Crippen molar-refractivity contribution in [3.8, 4) is 0 Å². The molecule has 174 valence electrons. The third-order valence-corrected chi connectivity index (χ3v) is 11.3. The van der Waals surface area contributed by atoms with E-state index >= 15 is 0 Å².